The second-order valence-corrected chi connectivity index (χ2v) is 8.41. The van der Waals surface area contributed by atoms with Gasteiger partial charge in [0, 0.05) is 43.5 Å². The van der Waals surface area contributed by atoms with E-state index < -0.39 is 0 Å². The summed E-state index contributed by atoms with van der Waals surface area (Å²) in [6.07, 6.45) is 6.00. The fourth-order valence-corrected chi connectivity index (χ4v) is 4.58. The Morgan fingerprint density at radius 1 is 1.13 bits per heavy atom. The van der Waals surface area contributed by atoms with Gasteiger partial charge in [0.15, 0.2) is 5.82 Å². The molecule has 5 rings (SSSR count). The minimum absolute atomic E-state index is 0.225. The molecule has 0 bridgehead atoms. The third-order valence-electron chi connectivity index (χ3n) is 5.57. The van der Waals surface area contributed by atoms with Crippen molar-refractivity contribution in [3.63, 3.8) is 0 Å². The molecule has 0 saturated carbocycles. The average molecular weight is 435 g/mol. The van der Waals surface area contributed by atoms with Crippen LogP contribution in [-0.2, 0) is 0 Å². The van der Waals surface area contributed by atoms with Crippen LogP contribution >= 0.6 is 11.3 Å². The molecule has 1 aliphatic heterocycles. The number of hydrogen-bond acceptors (Lipinski definition) is 10. The molecule has 10 nitrogen and oxygen atoms in total. The molecule has 11 heteroatoms. The summed E-state index contributed by atoms with van der Waals surface area (Å²) >= 11 is 1.50. The third-order valence-corrected chi connectivity index (χ3v) is 6.40. The Bertz CT molecular complexity index is 1180. The van der Waals surface area contributed by atoms with Crippen molar-refractivity contribution < 1.29 is 0 Å². The number of fused-ring (bicyclic) bond motifs is 1. The van der Waals surface area contributed by atoms with Crippen LogP contribution in [-0.4, -0.2) is 67.5 Å². The van der Waals surface area contributed by atoms with Crippen molar-refractivity contribution in [2.24, 2.45) is 0 Å². The van der Waals surface area contributed by atoms with Gasteiger partial charge in [-0.3, -0.25) is 5.10 Å². The Hall–Kier alpha value is -3.31. The van der Waals surface area contributed by atoms with E-state index in [0.29, 0.717) is 17.1 Å². The van der Waals surface area contributed by atoms with E-state index in [9.17, 15) is 0 Å². The number of nitrogens with zero attached hydrogens (tertiary/aromatic N) is 7. The first kappa shape index (κ1) is 19.6. The summed E-state index contributed by atoms with van der Waals surface area (Å²) < 4.78 is 0.918. The molecule has 0 aliphatic carbocycles. The minimum Gasteiger partial charge on any atom is -0.355 e. The predicted octanol–water partition coefficient (Wildman–Crippen LogP) is 2.53. The van der Waals surface area contributed by atoms with Crippen molar-refractivity contribution in [1.82, 2.24) is 40.9 Å². The van der Waals surface area contributed by atoms with Gasteiger partial charge in [0.1, 0.15) is 22.6 Å². The summed E-state index contributed by atoms with van der Waals surface area (Å²) in [5.74, 6) is 0.783. The van der Waals surface area contributed by atoms with Gasteiger partial charge in [-0.15, -0.1) is 31.7 Å². The van der Waals surface area contributed by atoms with Crippen molar-refractivity contribution in [2.75, 3.05) is 25.0 Å². The molecule has 1 fully saturated rings. The zero-order valence-electron chi connectivity index (χ0n) is 17.0. The highest BCUT2D eigenvalue weighted by Crippen LogP contribution is 2.33. The van der Waals surface area contributed by atoms with Gasteiger partial charge >= 0.3 is 0 Å². The molecule has 158 valence electrons. The third kappa shape index (κ3) is 3.89. The summed E-state index contributed by atoms with van der Waals surface area (Å²) in [7, 11) is 2.02. The normalized spacial score (nSPS) is 17.5. The van der Waals surface area contributed by atoms with Crippen LogP contribution < -0.4 is 10.2 Å². The van der Waals surface area contributed by atoms with Crippen LogP contribution in [0.1, 0.15) is 19.3 Å². The smallest absolute Gasteiger partial charge is 0.151 e. The first-order valence-electron chi connectivity index (χ1n) is 10.1. The van der Waals surface area contributed by atoms with Crippen LogP contribution in [0.25, 0.3) is 32.9 Å². The number of rotatable bonds is 4. The van der Waals surface area contributed by atoms with Crippen LogP contribution in [0.4, 0.5) is 5.82 Å². The highest BCUT2D eigenvalue weighted by molar-refractivity contribution is 7.17. The lowest BCUT2D eigenvalue weighted by molar-refractivity contribution is 0.531. The van der Waals surface area contributed by atoms with E-state index in [4.69, 9.17) is 5.41 Å². The molecule has 1 atom stereocenters. The van der Waals surface area contributed by atoms with E-state index >= 15 is 0 Å². The van der Waals surface area contributed by atoms with E-state index in [2.05, 4.69) is 45.8 Å². The van der Waals surface area contributed by atoms with E-state index in [0.717, 1.165) is 59.7 Å². The SMILES string of the molecule is CN(c1ccc(-c2nnc(-c3cn[nH]c3)c3ncsc23)nn1)C1CCNCCC(=N)C1. The number of hydrogen-bond donors (Lipinski definition) is 3. The molecular weight excluding hydrogens is 412 g/mol. The fraction of sp³-hybridized carbons (Fsp3) is 0.350. The van der Waals surface area contributed by atoms with Crippen LogP contribution in [0.15, 0.2) is 30.0 Å². The fourth-order valence-electron chi connectivity index (χ4n) is 3.80. The van der Waals surface area contributed by atoms with Crippen LogP contribution in [0.3, 0.4) is 0 Å². The molecule has 1 unspecified atom stereocenters. The Labute approximate surface area is 182 Å². The summed E-state index contributed by atoms with van der Waals surface area (Å²) in [4.78, 5) is 6.60. The lowest BCUT2D eigenvalue weighted by Gasteiger charge is -2.30. The lowest BCUT2D eigenvalue weighted by atomic mass is 10.0. The molecule has 4 aromatic heterocycles. The van der Waals surface area contributed by atoms with Gasteiger partial charge < -0.3 is 15.6 Å². The number of nitrogens with one attached hydrogen (secondary N) is 3. The van der Waals surface area contributed by atoms with E-state index in [1.165, 1.54) is 11.3 Å². The maximum Gasteiger partial charge on any atom is 0.151 e. The zero-order valence-corrected chi connectivity index (χ0v) is 17.9. The molecule has 5 heterocycles. The quantitative estimate of drug-likeness (QED) is 0.446. The summed E-state index contributed by atoms with van der Waals surface area (Å²) in [6.45, 7) is 1.83. The molecule has 31 heavy (non-hydrogen) atoms. The maximum absolute atomic E-state index is 8.16. The molecular formula is C20H22N10S. The second kappa shape index (κ2) is 8.44. The van der Waals surface area contributed by atoms with Crippen molar-refractivity contribution in [3.05, 3.63) is 30.0 Å². The molecule has 0 aromatic carbocycles. The van der Waals surface area contributed by atoms with Gasteiger partial charge in [-0.25, -0.2) is 4.98 Å². The van der Waals surface area contributed by atoms with Gasteiger partial charge in [-0.1, -0.05) is 0 Å². The highest BCUT2D eigenvalue weighted by Gasteiger charge is 2.21. The molecule has 0 spiro atoms. The van der Waals surface area contributed by atoms with Gasteiger partial charge in [-0.2, -0.15) is 5.10 Å². The molecule has 0 amide bonds. The van der Waals surface area contributed by atoms with Crippen molar-refractivity contribution in [3.8, 4) is 22.6 Å². The Morgan fingerprint density at radius 3 is 2.84 bits per heavy atom. The number of H-pyrrole nitrogens is 1. The van der Waals surface area contributed by atoms with E-state index in [-0.39, 0.29) is 6.04 Å². The summed E-state index contributed by atoms with van der Waals surface area (Å²) in [5, 5.41) is 36.0. The van der Waals surface area contributed by atoms with E-state index in [1.54, 1.807) is 17.9 Å². The highest BCUT2D eigenvalue weighted by atomic mass is 32.1. The van der Waals surface area contributed by atoms with Crippen molar-refractivity contribution in [2.45, 2.75) is 25.3 Å². The van der Waals surface area contributed by atoms with Gasteiger partial charge in [-0.05, 0) is 31.5 Å². The molecule has 0 radical (unpaired) electrons. The van der Waals surface area contributed by atoms with Gasteiger partial charge in [0.2, 0.25) is 0 Å². The summed E-state index contributed by atoms with van der Waals surface area (Å²) in [6, 6.07) is 4.10. The van der Waals surface area contributed by atoms with Crippen molar-refractivity contribution in [1.29, 1.82) is 5.41 Å². The molecule has 4 aromatic rings. The standard InChI is InChI=1S/C20H22N10S/c1-30(14-5-7-22-6-4-13(21)8-14)16-3-2-15(26-27-16)18-20-19(23-11-31-20)17(28-29-18)12-9-24-25-10-12/h2-3,9-11,14,21-22H,4-8H2,1H3,(H,24,25). The largest absolute Gasteiger partial charge is 0.355 e. The monoisotopic (exact) mass is 434 g/mol. The van der Waals surface area contributed by atoms with Crippen molar-refractivity contribution >= 4 is 33.1 Å². The van der Waals surface area contributed by atoms with Gasteiger partial charge in [0.25, 0.3) is 0 Å². The van der Waals surface area contributed by atoms with E-state index in [1.807, 2.05) is 19.2 Å². The van der Waals surface area contributed by atoms with Crippen LogP contribution in [0, 0.1) is 5.41 Å². The predicted molar refractivity (Wildman–Crippen MR) is 120 cm³/mol. The number of aromatic nitrogens is 7. The number of thiazole rings is 1. The zero-order chi connectivity index (χ0) is 21.2. The molecule has 1 saturated heterocycles. The minimum atomic E-state index is 0.225. The lowest BCUT2D eigenvalue weighted by Crippen LogP contribution is -2.39. The summed E-state index contributed by atoms with van der Waals surface area (Å²) in [5.41, 5.74) is 6.20. The van der Waals surface area contributed by atoms with Crippen LogP contribution in [0.2, 0.25) is 0 Å². The Balaban J connectivity index is 1.42. The number of aromatic amines is 1. The second-order valence-electron chi connectivity index (χ2n) is 7.55. The van der Waals surface area contributed by atoms with Crippen LogP contribution in [0.5, 0.6) is 0 Å². The topological polar surface area (TPSA) is 132 Å². The van der Waals surface area contributed by atoms with Gasteiger partial charge in [0.05, 0.1) is 16.4 Å². The molecule has 3 N–H and O–H groups in total. The maximum atomic E-state index is 8.16. The Kier molecular flexibility index (Phi) is 5.35. The Morgan fingerprint density at radius 2 is 2.03 bits per heavy atom. The first-order valence-corrected chi connectivity index (χ1v) is 11.0. The average Bonchev–Trinajstić information content (AvgIpc) is 3.47. The number of anilines is 1. The molecule has 1 aliphatic rings. The first-order chi connectivity index (χ1) is 15.2.